The van der Waals surface area contributed by atoms with Crippen LogP contribution in [-0.2, 0) is 17.1 Å². The summed E-state index contributed by atoms with van der Waals surface area (Å²) in [5.41, 5.74) is 0.133. The van der Waals surface area contributed by atoms with Crippen LogP contribution in [0.3, 0.4) is 0 Å². The number of anilines is 2. The SMILES string of the molecule is Cn1nc(C(=O)Nc2ccc(S(=O)(=O)Nc3ncccn3)cc2)c2ccccc2c1=O. The lowest BCUT2D eigenvalue weighted by molar-refractivity contribution is 0.102. The van der Waals surface area contributed by atoms with E-state index in [1.165, 1.54) is 43.7 Å². The van der Waals surface area contributed by atoms with Crippen molar-refractivity contribution < 1.29 is 13.2 Å². The van der Waals surface area contributed by atoms with E-state index in [2.05, 4.69) is 25.1 Å². The molecule has 4 aromatic rings. The molecule has 0 spiro atoms. The summed E-state index contributed by atoms with van der Waals surface area (Å²) in [5.74, 6) is -0.578. The summed E-state index contributed by atoms with van der Waals surface area (Å²) in [5, 5.41) is 7.54. The van der Waals surface area contributed by atoms with E-state index in [0.29, 0.717) is 16.5 Å². The maximum atomic E-state index is 12.8. The summed E-state index contributed by atoms with van der Waals surface area (Å²) in [6.45, 7) is 0. The van der Waals surface area contributed by atoms with Crippen molar-refractivity contribution in [3.8, 4) is 0 Å². The zero-order valence-corrected chi connectivity index (χ0v) is 17.0. The van der Waals surface area contributed by atoms with Crippen LogP contribution in [-0.4, -0.2) is 34.1 Å². The van der Waals surface area contributed by atoms with Gasteiger partial charge in [0.05, 0.1) is 10.3 Å². The van der Waals surface area contributed by atoms with E-state index in [1.54, 1.807) is 30.3 Å². The fourth-order valence-electron chi connectivity index (χ4n) is 2.91. The number of hydrogen-bond donors (Lipinski definition) is 2. The second-order valence-electron chi connectivity index (χ2n) is 6.48. The Balaban J connectivity index is 1.57. The van der Waals surface area contributed by atoms with Gasteiger partial charge in [-0.3, -0.25) is 9.59 Å². The molecule has 0 unspecified atom stereocenters. The Hall–Kier alpha value is -4.12. The van der Waals surface area contributed by atoms with E-state index in [-0.39, 0.29) is 22.1 Å². The van der Waals surface area contributed by atoms with Crippen molar-refractivity contribution in [1.82, 2.24) is 19.7 Å². The monoisotopic (exact) mass is 436 g/mol. The molecule has 0 aliphatic carbocycles. The van der Waals surface area contributed by atoms with Gasteiger partial charge < -0.3 is 5.32 Å². The van der Waals surface area contributed by atoms with Gasteiger partial charge in [0.25, 0.3) is 21.5 Å². The van der Waals surface area contributed by atoms with E-state index in [9.17, 15) is 18.0 Å². The molecule has 2 aromatic carbocycles. The van der Waals surface area contributed by atoms with Gasteiger partial charge in [-0.05, 0) is 36.4 Å². The molecule has 10 nitrogen and oxygen atoms in total. The molecule has 156 valence electrons. The number of amides is 1. The molecule has 0 atom stereocenters. The number of carbonyl (C=O) groups excluding carboxylic acids is 1. The molecular formula is C20H16N6O4S. The number of hydrogen-bond acceptors (Lipinski definition) is 7. The van der Waals surface area contributed by atoms with Crippen LogP contribution in [0.2, 0.25) is 0 Å². The van der Waals surface area contributed by atoms with E-state index >= 15 is 0 Å². The third kappa shape index (κ3) is 4.12. The Morgan fingerprint density at radius 1 is 0.935 bits per heavy atom. The van der Waals surface area contributed by atoms with Crippen molar-refractivity contribution in [2.45, 2.75) is 4.90 Å². The normalized spacial score (nSPS) is 11.3. The highest BCUT2D eigenvalue weighted by atomic mass is 32.2. The number of nitrogens with one attached hydrogen (secondary N) is 2. The van der Waals surface area contributed by atoms with Gasteiger partial charge >= 0.3 is 0 Å². The molecule has 1 amide bonds. The lowest BCUT2D eigenvalue weighted by atomic mass is 10.1. The van der Waals surface area contributed by atoms with Crippen LogP contribution in [0.4, 0.5) is 11.6 Å². The van der Waals surface area contributed by atoms with Crippen LogP contribution in [0, 0.1) is 0 Å². The molecule has 2 heterocycles. The lowest BCUT2D eigenvalue weighted by Crippen LogP contribution is -2.25. The Labute approximate surface area is 176 Å². The number of aromatic nitrogens is 4. The van der Waals surface area contributed by atoms with Crippen molar-refractivity contribution in [2.24, 2.45) is 7.05 Å². The zero-order valence-electron chi connectivity index (χ0n) is 16.2. The number of nitrogens with zero attached hydrogens (tertiary/aromatic N) is 4. The summed E-state index contributed by atoms with van der Waals surface area (Å²) >= 11 is 0. The maximum absolute atomic E-state index is 12.8. The van der Waals surface area contributed by atoms with E-state index in [1.807, 2.05) is 0 Å². The minimum atomic E-state index is -3.89. The fourth-order valence-corrected chi connectivity index (χ4v) is 3.86. The molecular weight excluding hydrogens is 420 g/mol. The first-order valence-corrected chi connectivity index (χ1v) is 10.5. The summed E-state index contributed by atoms with van der Waals surface area (Å²) in [6.07, 6.45) is 2.83. The standard InChI is InChI=1S/C20H16N6O4S/c1-26-19(28)16-6-3-2-5-15(16)17(24-26)18(27)23-13-7-9-14(10-8-13)31(29,30)25-20-21-11-4-12-22-20/h2-12H,1H3,(H,23,27)(H,21,22,25). The predicted octanol–water partition coefficient (Wildman–Crippen LogP) is 1.78. The van der Waals surface area contributed by atoms with E-state index in [0.717, 1.165) is 4.68 Å². The van der Waals surface area contributed by atoms with Crippen molar-refractivity contribution in [3.63, 3.8) is 0 Å². The number of benzene rings is 2. The molecule has 0 saturated carbocycles. The molecule has 0 radical (unpaired) electrons. The van der Waals surface area contributed by atoms with Crippen LogP contribution in [0.15, 0.2) is 76.7 Å². The number of carbonyl (C=O) groups is 1. The largest absolute Gasteiger partial charge is 0.321 e. The van der Waals surface area contributed by atoms with Crippen molar-refractivity contribution in [2.75, 3.05) is 10.0 Å². The average Bonchev–Trinajstić information content (AvgIpc) is 2.77. The van der Waals surface area contributed by atoms with Gasteiger partial charge in [-0.1, -0.05) is 18.2 Å². The first-order chi connectivity index (χ1) is 14.8. The van der Waals surface area contributed by atoms with Crippen LogP contribution >= 0.6 is 0 Å². The van der Waals surface area contributed by atoms with Crippen molar-refractivity contribution >= 4 is 38.3 Å². The van der Waals surface area contributed by atoms with Crippen molar-refractivity contribution in [3.05, 3.63) is 83.0 Å². The Morgan fingerprint density at radius 2 is 1.58 bits per heavy atom. The first kappa shape index (κ1) is 20.2. The summed E-state index contributed by atoms with van der Waals surface area (Å²) < 4.78 is 28.3. The maximum Gasteiger partial charge on any atom is 0.276 e. The third-order valence-electron chi connectivity index (χ3n) is 4.39. The van der Waals surface area contributed by atoms with Gasteiger partial charge in [-0.15, -0.1) is 0 Å². The molecule has 0 fully saturated rings. The minimum absolute atomic E-state index is 0.0244. The lowest BCUT2D eigenvalue weighted by Gasteiger charge is -2.10. The molecule has 2 aromatic heterocycles. The van der Waals surface area contributed by atoms with Crippen LogP contribution < -0.4 is 15.6 Å². The average molecular weight is 436 g/mol. The number of fused-ring (bicyclic) bond motifs is 1. The minimum Gasteiger partial charge on any atom is -0.321 e. The second kappa shape index (κ2) is 7.95. The van der Waals surface area contributed by atoms with Gasteiger partial charge in [0.15, 0.2) is 5.69 Å². The zero-order chi connectivity index (χ0) is 22.0. The third-order valence-corrected chi connectivity index (χ3v) is 5.73. The summed E-state index contributed by atoms with van der Waals surface area (Å²) in [7, 11) is -2.42. The topological polar surface area (TPSA) is 136 Å². The number of sulfonamides is 1. The first-order valence-electron chi connectivity index (χ1n) is 9.02. The Morgan fingerprint density at radius 3 is 2.26 bits per heavy atom. The van der Waals surface area contributed by atoms with E-state index < -0.39 is 15.9 Å². The van der Waals surface area contributed by atoms with Gasteiger partial charge in [-0.2, -0.15) is 5.10 Å². The summed E-state index contributed by atoms with van der Waals surface area (Å²) in [6, 6.07) is 13.8. The Kier molecular flexibility index (Phi) is 5.17. The van der Waals surface area contributed by atoms with Crippen molar-refractivity contribution in [1.29, 1.82) is 0 Å². The molecule has 11 heteroatoms. The number of aryl methyl sites for hydroxylation is 1. The highest BCUT2D eigenvalue weighted by Gasteiger charge is 2.18. The number of rotatable bonds is 5. The fraction of sp³-hybridized carbons (Fsp3) is 0.0500. The molecule has 0 saturated heterocycles. The molecule has 31 heavy (non-hydrogen) atoms. The second-order valence-corrected chi connectivity index (χ2v) is 8.16. The van der Waals surface area contributed by atoms with Crippen LogP contribution in [0.25, 0.3) is 10.8 Å². The quantitative estimate of drug-likeness (QED) is 0.487. The molecule has 0 bridgehead atoms. The smallest absolute Gasteiger partial charge is 0.276 e. The van der Waals surface area contributed by atoms with Crippen LogP contribution in [0.5, 0.6) is 0 Å². The van der Waals surface area contributed by atoms with E-state index in [4.69, 9.17) is 0 Å². The van der Waals surface area contributed by atoms with Gasteiger partial charge in [0.2, 0.25) is 5.95 Å². The molecule has 0 aliphatic heterocycles. The molecule has 2 N–H and O–H groups in total. The highest BCUT2D eigenvalue weighted by molar-refractivity contribution is 7.92. The highest BCUT2D eigenvalue weighted by Crippen LogP contribution is 2.18. The predicted molar refractivity (Wildman–Crippen MR) is 114 cm³/mol. The molecule has 0 aliphatic rings. The van der Waals surface area contributed by atoms with Gasteiger partial charge in [0, 0.05) is 30.5 Å². The Bertz CT molecular complexity index is 1430. The van der Waals surface area contributed by atoms with Gasteiger partial charge in [-0.25, -0.2) is 27.8 Å². The van der Waals surface area contributed by atoms with Crippen LogP contribution in [0.1, 0.15) is 10.5 Å². The summed E-state index contributed by atoms with van der Waals surface area (Å²) in [4.78, 5) is 32.6. The van der Waals surface area contributed by atoms with Gasteiger partial charge in [0.1, 0.15) is 0 Å². The molecule has 4 rings (SSSR count).